The summed E-state index contributed by atoms with van der Waals surface area (Å²) < 4.78 is 0. The van der Waals surface area contributed by atoms with E-state index in [1.54, 1.807) is 0 Å². The van der Waals surface area contributed by atoms with E-state index in [2.05, 4.69) is 18.4 Å². The fraction of sp³-hybridized carbons (Fsp3) is 0.462. The van der Waals surface area contributed by atoms with Crippen LogP contribution < -0.4 is 0 Å². The number of benzene rings is 1. The van der Waals surface area contributed by atoms with E-state index in [0.29, 0.717) is 5.41 Å². The van der Waals surface area contributed by atoms with Gasteiger partial charge in [-0.3, -0.25) is 4.79 Å². The normalized spacial score (nSPS) is 18.2. The minimum Gasteiger partial charge on any atom is -0.298 e. The second-order valence-electron chi connectivity index (χ2n) is 4.31. The summed E-state index contributed by atoms with van der Waals surface area (Å²) in [6.45, 7) is 0. The van der Waals surface area contributed by atoms with E-state index in [9.17, 15) is 4.79 Å². The molecule has 1 aliphatic carbocycles. The van der Waals surface area contributed by atoms with Gasteiger partial charge >= 0.3 is 0 Å². The first-order chi connectivity index (χ1) is 7.30. The Hall–Kier alpha value is -0.760. The lowest BCUT2D eigenvalue weighted by atomic mass is 9.65. The Morgan fingerprint density at radius 1 is 1.47 bits per heavy atom. The van der Waals surface area contributed by atoms with Crippen molar-refractivity contribution in [1.29, 1.82) is 0 Å². The molecule has 2 heteroatoms. The third-order valence-electron chi connectivity index (χ3n) is 3.37. The number of hydrogen-bond donors (Lipinski definition) is 0. The summed E-state index contributed by atoms with van der Waals surface area (Å²) in [6, 6.07) is 8.10. The number of carbonyl (C=O) groups excluding carboxylic acids is 1. The van der Waals surface area contributed by atoms with Crippen molar-refractivity contribution in [2.75, 3.05) is 12.0 Å². The van der Waals surface area contributed by atoms with Crippen LogP contribution in [-0.2, 0) is 5.41 Å². The van der Waals surface area contributed by atoms with Gasteiger partial charge in [0.1, 0.15) is 6.29 Å². The van der Waals surface area contributed by atoms with Crippen LogP contribution in [0.2, 0.25) is 0 Å². The SMILES string of the molecule is CSCC1(c2cccc(C=O)c2)CCC1. The molecule has 1 aromatic rings. The molecule has 0 heterocycles. The monoisotopic (exact) mass is 220 g/mol. The van der Waals surface area contributed by atoms with Gasteiger partial charge in [0.05, 0.1) is 0 Å². The van der Waals surface area contributed by atoms with Crippen molar-refractivity contribution < 1.29 is 4.79 Å². The first-order valence-electron chi connectivity index (χ1n) is 5.35. The molecule has 0 unspecified atom stereocenters. The standard InChI is InChI=1S/C13H16OS/c1-15-10-13(6-3-7-13)12-5-2-4-11(8-12)9-14/h2,4-5,8-9H,3,6-7,10H2,1H3. The number of thioether (sulfide) groups is 1. The number of carbonyl (C=O) groups is 1. The van der Waals surface area contributed by atoms with Gasteiger partial charge in [-0.05, 0) is 30.7 Å². The molecular formula is C13H16OS. The van der Waals surface area contributed by atoms with E-state index in [-0.39, 0.29) is 0 Å². The Labute approximate surface area is 95.3 Å². The van der Waals surface area contributed by atoms with Crippen LogP contribution in [0.4, 0.5) is 0 Å². The van der Waals surface area contributed by atoms with E-state index < -0.39 is 0 Å². The maximum atomic E-state index is 10.7. The summed E-state index contributed by atoms with van der Waals surface area (Å²) >= 11 is 1.90. The van der Waals surface area contributed by atoms with Crippen molar-refractivity contribution in [2.45, 2.75) is 24.7 Å². The van der Waals surface area contributed by atoms with Crippen molar-refractivity contribution in [3.63, 3.8) is 0 Å². The van der Waals surface area contributed by atoms with Gasteiger partial charge < -0.3 is 0 Å². The lowest BCUT2D eigenvalue weighted by Gasteiger charge is -2.42. The molecule has 0 bridgehead atoms. The molecule has 0 spiro atoms. The van der Waals surface area contributed by atoms with Crippen molar-refractivity contribution >= 4 is 18.0 Å². The molecule has 0 radical (unpaired) electrons. The summed E-state index contributed by atoms with van der Waals surface area (Å²) in [7, 11) is 0. The highest BCUT2D eigenvalue weighted by Crippen LogP contribution is 2.45. The van der Waals surface area contributed by atoms with Crippen molar-refractivity contribution in [3.8, 4) is 0 Å². The molecule has 0 N–H and O–H groups in total. The van der Waals surface area contributed by atoms with Gasteiger partial charge in [0.2, 0.25) is 0 Å². The molecule has 1 aliphatic rings. The summed E-state index contributed by atoms with van der Waals surface area (Å²) in [5.41, 5.74) is 2.52. The van der Waals surface area contributed by atoms with Crippen molar-refractivity contribution in [1.82, 2.24) is 0 Å². The summed E-state index contributed by atoms with van der Waals surface area (Å²) in [5, 5.41) is 0. The Bertz CT molecular complexity index is 355. The molecular weight excluding hydrogens is 204 g/mol. The Morgan fingerprint density at radius 2 is 2.27 bits per heavy atom. The fourth-order valence-corrected chi connectivity index (χ4v) is 3.35. The van der Waals surface area contributed by atoms with Crippen LogP contribution in [0.5, 0.6) is 0 Å². The Morgan fingerprint density at radius 3 is 2.80 bits per heavy atom. The molecule has 1 nitrogen and oxygen atoms in total. The van der Waals surface area contributed by atoms with E-state index in [1.807, 2.05) is 23.9 Å². The Balaban J connectivity index is 2.29. The van der Waals surface area contributed by atoms with E-state index in [0.717, 1.165) is 11.8 Å². The van der Waals surface area contributed by atoms with Crippen molar-refractivity contribution in [3.05, 3.63) is 35.4 Å². The predicted molar refractivity (Wildman–Crippen MR) is 65.7 cm³/mol. The summed E-state index contributed by atoms with van der Waals surface area (Å²) in [5.74, 6) is 1.18. The predicted octanol–water partition coefficient (Wildman–Crippen LogP) is 3.28. The van der Waals surface area contributed by atoms with Crippen LogP contribution in [-0.4, -0.2) is 18.3 Å². The smallest absolute Gasteiger partial charge is 0.150 e. The van der Waals surface area contributed by atoms with Crippen LogP contribution in [0.3, 0.4) is 0 Å². The third-order valence-corrected chi connectivity index (χ3v) is 4.21. The second kappa shape index (κ2) is 4.40. The zero-order chi connectivity index (χ0) is 10.7. The molecule has 1 aromatic carbocycles. The molecule has 1 fully saturated rings. The van der Waals surface area contributed by atoms with E-state index >= 15 is 0 Å². The molecule has 0 aliphatic heterocycles. The van der Waals surface area contributed by atoms with E-state index in [1.165, 1.54) is 30.6 Å². The lowest BCUT2D eigenvalue weighted by Crippen LogP contribution is -2.36. The third kappa shape index (κ3) is 1.96. The summed E-state index contributed by atoms with van der Waals surface area (Å²) in [6.07, 6.45) is 6.97. The van der Waals surface area contributed by atoms with Crippen LogP contribution in [0.25, 0.3) is 0 Å². The minimum absolute atomic E-state index is 0.360. The number of rotatable bonds is 4. The Kier molecular flexibility index (Phi) is 3.15. The van der Waals surface area contributed by atoms with Crippen LogP contribution >= 0.6 is 11.8 Å². The van der Waals surface area contributed by atoms with Crippen molar-refractivity contribution in [2.24, 2.45) is 0 Å². The quantitative estimate of drug-likeness (QED) is 0.724. The minimum atomic E-state index is 0.360. The highest BCUT2D eigenvalue weighted by molar-refractivity contribution is 7.98. The fourth-order valence-electron chi connectivity index (χ4n) is 2.34. The number of hydrogen-bond acceptors (Lipinski definition) is 2. The highest BCUT2D eigenvalue weighted by Gasteiger charge is 2.37. The van der Waals surface area contributed by atoms with E-state index in [4.69, 9.17) is 0 Å². The topological polar surface area (TPSA) is 17.1 Å². The first kappa shape index (κ1) is 10.7. The summed E-state index contributed by atoms with van der Waals surface area (Å²) in [4.78, 5) is 10.7. The first-order valence-corrected chi connectivity index (χ1v) is 6.75. The van der Waals surface area contributed by atoms with Gasteiger partial charge in [-0.1, -0.05) is 24.6 Å². The van der Waals surface area contributed by atoms with Crippen LogP contribution in [0, 0.1) is 0 Å². The molecule has 0 atom stereocenters. The van der Waals surface area contributed by atoms with Gasteiger partial charge in [0, 0.05) is 16.7 Å². The molecule has 0 saturated heterocycles. The highest BCUT2D eigenvalue weighted by atomic mass is 32.2. The average molecular weight is 220 g/mol. The van der Waals surface area contributed by atoms with Crippen LogP contribution in [0.1, 0.15) is 35.2 Å². The maximum Gasteiger partial charge on any atom is 0.150 e. The van der Waals surface area contributed by atoms with Gasteiger partial charge in [0.15, 0.2) is 0 Å². The largest absolute Gasteiger partial charge is 0.298 e. The molecule has 0 amide bonds. The van der Waals surface area contributed by atoms with Gasteiger partial charge in [0.25, 0.3) is 0 Å². The second-order valence-corrected chi connectivity index (χ2v) is 5.18. The molecule has 0 aromatic heterocycles. The van der Waals surface area contributed by atoms with Gasteiger partial charge in [-0.15, -0.1) is 0 Å². The lowest BCUT2D eigenvalue weighted by molar-refractivity contribution is 0.112. The zero-order valence-electron chi connectivity index (χ0n) is 9.03. The number of aldehydes is 1. The van der Waals surface area contributed by atoms with Gasteiger partial charge in [-0.25, -0.2) is 0 Å². The zero-order valence-corrected chi connectivity index (χ0v) is 9.85. The molecule has 2 rings (SSSR count). The maximum absolute atomic E-state index is 10.7. The average Bonchev–Trinajstić information content (AvgIpc) is 2.23. The molecule has 15 heavy (non-hydrogen) atoms. The van der Waals surface area contributed by atoms with Gasteiger partial charge in [-0.2, -0.15) is 11.8 Å². The molecule has 80 valence electrons. The van der Waals surface area contributed by atoms with Crippen LogP contribution in [0.15, 0.2) is 24.3 Å². The molecule has 1 saturated carbocycles.